The maximum atomic E-state index is 5.93. The van der Waals surface area contributed by atoms with Gasteiger partial charge in [0.15, 0.2) is 10.9 Å². The van der Waals surface area contributed by atoms with Gasteiger partial charge in [-0.15, -0.1) is 0 Å². The molecule has 1 aliphatic heterocycles. The third kappa shape index (κ3) is 4.32. The van der Waals surface area contributed by atoms with Gasteiger partial charge in [0.2, 0.25) is 0 Å². The van der Waals surface area contributed by atoms with Crippen molar-refractivity contribution in [3.05, 3.63) is 29.8 Å². The molecule has 1 fully saturated rings. The molecular formula is C16H24N2O3S. The van der Waals surface area contributed by atoms with E-state index < -0.39 is 5.79 Å². The van der Waals surface area contributed by atoms with E-state index in [1.54, 1.807) is 7.11 Å². The van der Waals surface area contributed by atoms with Crippen LogP contribution in [0.1, 0.15) is 24.8 Å². The molecule has 6 heteroatoms. The lowest BCUT2D eigenvalue weighted by molar-refractivity contribution is -0.171. The fourth-order valence-electron chi connectivity index (χ4n) is 2.53. The minimum atomic E-state index is -0.615. The average Bonchev–Trinajstić information content (AvgIpc) is 3.04. The van der Waals surface area contributed by atoms with Crippen LogP contribution in [0.4, 0.5) is 0 Å². The molecular weight excluding hydrogens is 300 g/mol. The Morgan fingerprint density at radius 2 is 1.91 bits per heavy atom. The van der Waals surface area contributed by atoms with E-state index in [1.807, 2.05) is 31.3 Å². The summed E-state index contributed by atoms with van der Waals surface area (Å²) in [5, 5.41) is 6.73. The molecule has 122 valence electrons. The van der Waals surface area contributed by atoms with Crippen LogP contribution in [0.2, 0.25) is 0 Å². The van der Waals surface area contributed by atoms with E-state index in [9.17, 15) is 0 Å². The summed E-state index contributed by atoms with van der Waals surface area (Å²) in [5.41, 5.74) is 1.05. The molecule has 1 aromatic carbocycles. The Balaban J connectivity index is 1.89. The first kappa shape index (κ1) is 17.0. The van der Waals surface area contributed by atoms with Crippen LogP contribution in [0.15, 0.2) is 24.3 Å². The molecule has 0 unspecified atom stereocenters. The minimum absolute atomic E-state index is 0.615. The Labute approximate surface area is 137 Å². The Hall–Kier alpha value is -1.37. The Morgan fingerprint density at radius 1 is 1.23 bits per heavy atom. The second kappa shape index (κ2) is 8.31. The lowest BCUT2D eigenvalue weighted by Crippen LogP contribution is -2.33. The van der Waals surface area contributed by atoms with Gasteiger partial charge in [0.25, 0.3) is 0 Å². The molecule has 0 spiro atoms. The third-order valence-corrected chi connectivity index (χ3v) is 4.08. The van der Waals surface area contributed by atoms with Gasteiger partial charge in [0, 0.05) is 25.6 Å². The maximum Gasteiger partial charge on any atom is 0.194 e. The highest BCUT2D eigenvalue weighted by molar-refractivity contribution is 7.80. The summed E-state index contributed by atoms with van der Waals surface area (Å²) in [6.07, 6.45) is 2.82. The number of hydrogen-bond acceptors (Lipinski definition) is 4. The molecule has 22 heavy (non-hydrogen) atoms. The Kier molecular flexibility index (Phi) is 6.42. The van der Waals surface area contributed by atoms with Crippen molar-refractivity contribution in [2.75, 3.05) is 33.9 Å². The largest absolute Gasteiger partial charge is 0.497 e. The smallest absolute Gasteiger partial charge is 0.194 e. The number of ether oxygens (including phenoxy) is 3. The maximum absolute atomic E-state index is 5.93. The normalized spacial score (nSPS) is 16.3. The molecule has 5 nitrogen and oxygen atoms in total. The predicted octanol–water partition coefficient (Wildman–Crippen LogP) is 2.16. The summed E-state index contributed by atoms with van der Waals surface area (Å²) in [4.78, 5) is 0. The molecule has 0 atom stereocenters. The predicted molar refractivity (Wildman–Crippen MR) is 90.1 cm³/mol. The fraction of sp³-hybridized carbons (Fsp3) is 0.562. The molecule has 1 aliphatic rings. The van der Waals surface area contributed by atoms with Crippen molar-refractivity contribution in [3.63, 3.8) is 0 Å². The third-order valence-electron chi connectivity index (χ3n) is 3.73. The lowest BCUT2D eigenvalue weighted by Gasteiger charge is -2.28. The number of methoxy groups -OCH3 is 1. The van der Waals surface area contributed by atoms with Crippen molar-refractivity contribution in [3.8, 4) is 5.75 Å². The first-order valence-corrected chi connectivity index (χ1v) is 7.99. The summed E-state index contributed by atoms with van der Waals surface area (Å²) < 4.78 is 17.1. The summed E-state index contributed by atoms with van der Waals surface area (Å²) in [6.45, 7) is 2.11. The summed E-state index contributed by atoms with van der Waals surface area (Å²) in [7, 11) is 3.48. The number of nitrogens with one attached hydrogen (secondary N) is 2. The van der Waals surface area contributed by atoms with Crippen LogP contribution in [-0.4, -0.2) is 39.0 Å². The highest BCUT2D eigenvalue weighted by Crippen LogP contribution is 2.36. The van der Waals surface area contributed by atoms with E-state index in [0.717, 1.165) is 37.1 Å². The van der Waals surface area contributed by atoms with Gasteiger partial charge in [-0.3, -0.25) is 0 Å². The fourth-order valence-corrected chi connectivity index (χ4v) is 2.63. The van der Waals surface area contributed by atoms with Crippen molar-refractivity contribution < 1.29 is 14.2 Å². The minimum Gasteiger partial charge on any atom is -0.497 e. The monoisotopic (exact) mass is 324 g/mol. The summed E-state index contributed by atoms with van der Waals surface area (Å²) in [6, 6.07) is 7.90. The van der Waals surface area contributed by atoms with E-state index in [1.165, 1.54) is 0 Å². The van der Waals surface area contributed by atoms with E-state index in [2.05, 4.69) is 10.6 Å². The first-order chi connectivity index (χ1) is 10.7. The first-order valence-electron chi connectivity index (χ1n) is 7.58. The molecule has 1 heterocycles. The van der Waals surface area contributed by atoms with Gasteiger partial charge in [0.05, 0.1) is 20.3 Å². The zero-order valence-electron chi connectivity index (χ0n) is 13.2. The molecule has 0 aromatic heterocycles. The second-order valence-corrected chi connectivity index (χ2v) is 5.55. The molecule has 1 saturated heterocycles. The molecule has 0 saturated carbocycles. The molecule has 0 bridgehead atoms. The van der Waals surface area contributed by atoms with Gasteiger partial charge in [-0.25, -0.2) is 0 Å². The number of thiocarbonyl (C=S) groups is 1. The van der Waals surface area contributed by atoms with Gasteiger partial charge < -0.3 is 24.8 Å². The van der Waals surface area contributed by atoms with Gasteiger partial charge in [-0.1, -0.05) is 0 Å². The van der Waals surface area contributed by atoms with Crippen molar-refractivity contribution in [2.45, 2.75) is 25.0 Å². The van der Waals surface area contributed by atoms with Crippen LogP contribution in [0.3, 0.4) is 0 Å². The molecule has 0 aliphatic carbocycles. The summed E-state index contributed by atoms with van der Waals surface area (Å²) >= 11 is 5.05. The van der Waals surface area contributed by atoms with Gasteiger partial charge in [0.1, 0.15) is 5.75 Å². The highest BCUT2D eigenvalue weighted by Gasteiger charge is 2.37. The lowest BCUT2D eigenvalue weighted by atomic mass is 9.99. The quantitative estimate of drug-likeness (QED) is 0.592. The molecule has 2 rings (SSSR count). The topological polar surface area (TPSA) is 51.8 Å². The van der Waals surface area contributed by atoms with Gasteiger partial charge in [-0.2, -0.15) is 0 Å². The average molecular weight is 324 g/mol. The second-order valence-electron chi connectivity index (χ2n) is 5.14. The molecule has 0 radical (unpaired) electrons. The number of hydrogen-bond donors (Lipinski definition) is 2. The van der Waals surface area contributed by atoms with E-state index in [0.29, 0.717) is 18.3 Å². The van der Waals surface area contributed by atoms with Gasteiger partial charge in [-0.05, 0) is 49.3 Å². The van der Waals surface area contributed by atoms with Crippen LogP contribution >= 0.6 is 12.2 Å². The number of benzene rings is 1. The Morgan fingerprint density at radius 3 is 2.50 bits per heavy atom. The van der Waals surface area contributed by atoms with Crippen LogP contribution in [0.25, 0.3) is 0 Å². The van der Waals surface area contributed by atoms with Crippen molar-refractivity contribution in [1.29, 1.82) is 0 Å². The highest BCUT2D eigenvalue weighted by atomic mass is 32.1. The Bertz CT molecular complexity index is 473. The van der Waals surface area contributed by atoms with E-state index >= 15 is 0 Å². The van der Waals surface area contributed by atoms with Gasteiger partial charge >= 0.3 is 0 Å². The van der Waals surface area contributed by atoms with Crippen LogP contribution < -0.4 is 15.4 Å². The van der Waals surface area contributed by atoms with Crippen LogP contribution in [0, 0.1) is 0 Å². The van der Waals surface area contributed by atoms with Crippen molar-refractivity contribution >= 4 is 17.3 Å². The zero-order chi connectivity index (χ0) is 15.8. The van der Waals surface area contributed by atoms with Crippen molar-refractivity contribution in [2.24, 2.45) is 0 Å². The molecule has 2 N–H and O–H groups in total. The van der Waals surface area contributed by atoms with E-state index in [4.69, 9.17) is 26.4 Å². The summed E-state index contributed by atoms with van der Waals surface area (Å²) in [5.74, 6) is 0.220. The van der Waals surface area contributed by atoms with Crippen LogP contribution in [0.5, 0.6) is 5.75 Å². The van der Waals surface area contributed by atoms with Crippen LogP contribution in [-0.2, 0) is 15.3 Å². The molecule has 1 aromatic rings. The zero-order valence-corrected chi connectivity index (χ0v) is 14.0. The standard InChI is InChI=1S/C16H24N2O3S/c1-17-15(22)18-10-4-3-9-16(20-11-12-21-16)13-5-7-14(19-2)8-6-13/h5-8H,3-4,9-12H2,1-2H3,(H2,17,18,22). The molecule has 0 amide bonds. The number of unbranched alkanes of at least 4 members (excludes halogenated alkanes) is 1. The SMILES string of the molecule is CNC(=S)NCCCCC1(c2ccc(OC)cc2)OCCO1. The van der Waals surface area contributed by atoms with Crippen molar-refractivity contribution in [1.82, 2.24) is 10.6 Å². The van der Waals surface area contributed by atoms with E-state index in [-0.39, 0.29) is 0 Å². The number of rotatable bonds is 7.